The highest BCUT2D eigenvalue weighted by molar-refractivity contribution is 5.84. The third-order valence-electron chi connectivity index (χ3n) is 4.22. The molecule has 1 amide bonds. The number of benzene rings is 1. The van der Waals surface area contributed by atoms with Crippen LogP contribution in [0.5, 0.6) is 5.75 Å². The van der Waals surface area contributed by atoms with Gasteiger partial charge in [0.25, 0.3) is 5.91 Å². The van der Waals surface area contributed by atoms with Crippen LogP contribution in [0.25, 0.3) is 0 Å². The van der Waals surface area contributed by atoms with E-state index in [2.05, 4.69) is 0 Å². The molecule has 1 N–H and O–H groups in total. The van der Waals surface area contributed by atoms with Gasteiger partial charge in [0.15, 0.2) is 6.10 Å². The van der Waals surface area contributed by atoms with Crippen molar-refractivity contribution in [2.45, 2.75) is 25.9 Å². The zero-order valence-corrected chi connectivity index (χ0v) is 11.3. The Balaban J connectivity index is 1.69. The van der Waals surface area contributed by atoms with Crippen LogP contribution in [-0.2, 0) is 16.0 Å². The predicted octanol–water partition coefficient (Wildman–Crippen LogP) is 1.31. The number of hydrogen-bond acceptors (Lipinski definition) is 3. The maximum absolute atomic E-state index is 12.4. The van der Waals surface area contributed by atoms with Crippen LogP contribution in [0.3, 0.4) is 0 Å². The number of likely N-dealkylation sites (tertiary alicyclic amines) is 1. The normalized spacial score (nSPS) is 28.1. The molecule has 106 valence electrons. The molecule has 2 atom stereocenters. The van der Waals surface area contributed by atoms with Gasteiger partial charge in [0.1, 0.15) is 5.75 Å². The first-order chi connectivity index (χ1) is 9.49. The van der Waals surface area contributed by atoms with Crippen LogP contribution in [0, 0.1) is 5.41 Å². The molecule has 0 radical (unpaired) electrons. The third-order valence-corrected chi connectivity index (χ3v) is 4.22. The van der Waals surface area contributed by atoms with Gasteiger partial charge in [-0.2, -0.15) is 0 Å². The molecule has 5 nitrogen and oxygen atoms in total. The van der Waals surface area contributed by atoms with E-state index >= 15 is 0 Å². The van der Waals surface area contributed by atoms with Crippen LogP contribution in [0.2, 0.25) is 0 Å². The fraction of sp³-hybridized carbons (Fsp3) is 0.467. The summed E-state index contributed by atoms with van der Waals surface area (Å²) in [6.45, 7) is 2.43. The molecule has 1 saturated heterocycles. The number of para-hydroxylation sites is 1. The lowest BCUT2D eigenvalue weighted by Crippen LogP contribution is -2.42. The van der Waals surface area contributed by atoms with Crippen molar-refractivity contribution >= 4 is 11.9 Å². The molecule has 1 fully saturated rings. The number of carbonyl (C=O) groups is 2. The number of amides is 1. The topological polar surface area (TPSA) is 66.8 Å². The van der Waals surface area contributed by atoms with E-state index < -0.39 is 17.5 Å². The van der Waals surface area contributed by atoms with Crippen LogP contribution in [0.15, 0.2) is 24.3 Å². The van der Waals surface area contributed by atoms with Crippen LogP contribution < -0.4 is 4.74 Å². The average molecular weight is 275 g/mol. The molecule has 0 spiro atoms. The van der Waals surface area contributed by atoms with E-state index in [1.165, 1.54) is 0 Å². The molecule has 0 bridgehead atoms. The summed E-state index contributed by atoms with van der Waals surface area (Å²) in [4.78, 5) is 25.3. The lowest BCUT2D eigenvalue weighted by Gasteiger charge is -2.22. The zero-order valence-electron chi connectivity index (χ0n) is 11.3. The van der Waals surface area contributed by atoms with Gasteiger partial charge in [-0.3, -0.25) is 9.59 Å². The number of nitrogens with zero attached hydrogens (tertiary/aromatic N) is 1. The molecular weight excluding hydrogens is 258 g/mol. The van der Waals surface area contributed by atoms with Gasteiger partial charge in [-0.15, -0.1) is 0 Å². The second-order valence-corrected chi connectivity index (χ2v) is 5.79. The summed E-state index contributed by atoms with van der Waals surface area (Å²) in [5.41, 5.74) is 0.201. The van der Waals surface area contributed by atoms with Crippen LogP contribution >= 0.6 is 0 Å². The number of ether oxygens (including phenoxy) is 1. The van der Waals surface area contributed by atoms with Crippen LogP contribution in [0.1, 0.15) is 18.9 Å². The number of aliphatic carboxylic acids is 1. The molecule has 1 aromatic carbocycles. The minimum Gasteiger partial charge on any atom is -0.481 e. The van der Waals surface area contributed by atoms with Crippen molar-refractivity contribution in [2.75, 3.05) is 13.1 Å². The second kappa shape index (κ2) is 4.51. The molecule has 3 rings (SSSR count). The monoisotopic (exact) mass is 275 g/mol. The summed E-state index contributed by atoms with van der Waals surface area (Å²) in [5.74, 6) is -0.194. The Labute approximate surface area is 117 Å². The smallest absolute Gasteiger partial charge is 0.311 e. The van der Waals surface area contributed by atoms with Gasteiger partial charge in [-0.1, -0.05) is 18.2 Å². The summed E-state index contributed by atoms with van der Waals surface area (Å²) in [6.07, 6.45) is 0.548. The molecular formula is C15H17NO4. The van der Waals surface area contributed by atoms with Gasteiger partial charge in [0.2, 0.25) is 0 Å². The number of carboxylic acids is 1. The van der Waals surface area contributed by atoms with E-state index in [4.69, 9.17) is 4.74 Å². The summed E-state index contributed by atoms with van der Waals surface area (Å²) in [7, 11) is 0. The molecule has 0 aromatic heterocycles. The van der Waals surface area contributed by atoms with Gasteiger partial charge >= 0.3 is 5.97 Å². The van der Waals surface area contributed by atoms with Crippen LogP contribution in [0.4, 0.5) is 0 Å². The van der Waals surface area contributed by atoms with Gasteiger partial charge < -0.3 is 14.7 Å². The van der Waals surface area contributed by atoms with Gasteiger partial charge in [-0.25, -0.2) is 0 Å². The number of hydrogen-bond donors (Lipinski definition) is 1. The third kappa shape index (κ3) is 2.03. The van der Waals surface area contributed by atoms with Gasteiger partial charge in [-0.05, 0) is 25.0 Å². The molecule has 2 unspecified atom stereocenters. The maximum Gasteiger partial charge on any atom is 0.311 e. The zero-order chi connectivity index (χ0) is 14.3. The van der Waals surface area contributed by atoms with Gasteiger partial charge in [0.05, 0.1) is 5.41 Å². The average Bonchev–Trinajstić information content (AvgIpc) is 3.02. The van der Waals surface area contributed by atoms with E-state index in [1.54, 1.807) is 11.8 Å². The first kappa shape index (κ1) is 13.0. The van der Waals surface area contributed by atoms with E-state index in [9.17, 15) is 14.7 Å². The Hall–Kier alpha value is -2.04. The molecule has 2 aliphatic heterocycles. The minimum absolute atomic E-state index is 0.105. The Morgan fingerprint density at radius 1 is 1.40 bits per heavy atom. The second-order valence-electron chi connectivity index (χ2n) is 5.79. The highest BCUT2D eigenvalue weighted by Crippen LogP contribution is 2.33. The van der Waals surface area contributed by atoms with Crippen molar-refractivity contribution in [3.05, 3.63) is 29.8 Å². The van der Waals surface area contributed by atoms with E-state index in [1.807, 2.05) is 24.3 Å². The number of fused-ring (bicyclic) bond motifs is 1. The molecule has 2 aliphatic rings. The van der Waals surface area contributed by atoms with Gasteiger partial charge in [0, 0.05) is 19.5 Å². The van der Waals surface area contributed by atoms with E-state index in [0.29, 0.717) is 19.4 Å². The van der Waals surface area contributed by atoms with E-state index in [-0.39, 0.29) is 12.5 Å². The maximum atomic E-state index is 12.4. The summed E-state index contributed by atoms with van der Waals surface area (Å²) >= 11 is 0. The fourth-order valence-corrected chi connectivity index (χ4v) is 2.85. The number of carbonyl (C=O) groups excluding carboxylic acids is 1. The summed E-state index contributed by atoms with van der Waals surface area (Å²) in [5, 5.41) is 9.21. The van der Waals surface area contributed by atoms with Crippen molar-refractivity contribution in [1.82, 2.24) is 4.90 Å². The minimum atomic E-state index is -0.844. The number of rotatable bonds is 2. The first-order valence-corrected chi connectivity index (χ1v) is 6.76. The quantitative estimate of drug-likeness (QED) is 0.883. The lowest BCUT2D eigenvalue weighted by atomic mass is 9.90. The van der Waals surface area contributed by atoms with Crippen molar-refractivity contribution in [3.63, 3.8) is 0 Å². The predicted molar refractivity (Wildman–Crippen MR) is 71.5 cm³/mol. The lowest BCUT2D eigenvalue weighted by molar-refractivity contribution is -0.147. The Morgan fingerprint density at radius 3 is 2.80 bits per heavy atom. The molecule has 20 heavy (non-hydrogen) atoms. The molecule has 1 aromatic rings. The largest absolute Gasteiger partial charge is 0.481 e. The van der Waals surface area contributed by atoms with Crippen molar-refractivity contribution in [1.29, 1.82) is 0 Å². The standard InChI is InChI=1S/C15H17NO4/c1-15(14(18)19)6-7-16(9-15)13(17)12-8-10-4-2-3-5-11(10)20-12/h2-5,12H,6-9H2,1H3,(H,18,19). The SMILES string of the molecule is CC1(C(=O)O)CCN(C(=O)C2Cc3ccccc3O2)C1. The van der Waals surface area contributed by atoms with Crippen molar-refractivity contribution < 1.29 is 19.4 Å². The fourth-order valence-electron chi connectivity index (χ4n) is 2.85. The molecule has 5 heteroatoms. The first-order valence-electron chi connectivity index (χ1n) is 6.76. The van der Waals surface area contributed by atoms with Crippen molar-refractivity contribution in [3.8, 4) is 5.75 Å². The van der Waals surface area contributed by atoms with Crippen molar-refractivity contribution in [2.24, 2.45) is 5.41 Å². The Morgan fingerprint density at radius 2 is 2.15 bits per heavy atom. The highest BCUT2D eigenvalue weighted by Gasteiger charge is 2.44. The Bertz CT molecular complexity index is 546. The molecule has 0 aliphatic carbocycles. The number of carboxylic acid groups (broad SMARTS) is 1. The summed E-state index contributed by atoms with van der Waals surface area (Å²) in [6, 6.07) is 7.61. The molecule has 0 saturated carbocycles. The molecule has 2 heterocycles. The Kier molecular flexibility index (Phi) is 2.92. The van der Waals surface area contributed by atoms with Crippen LogP contribution in [-0.4, -0.2) is 41.1 Å². The highest BCUT2D eigenvalue weighted by atomic mass is 16.5. The van der Waals surface area contributed by atoms with E-state index in [0.717, 1.165) is 11.3 Å². The summed E-state index contributed by atoms with van der Waals surface area (Å²) < 4.78 is 5.67.